The number of ether oxygens (including phenoxy) is 2. The van der Waals surface area contributed by atoms with Crippen LogP contribution in [0.2, 0.25) is 0 Å². The van der Waals surface area contributed by atoms with Gasteiger partial charge < -0.3 is 14.0 Å². The number of rotatable bonds is 5. The molecule has 31 heavy (non-hydrogen) atoms. The minimum absolute atomic E-state index is 0.0774. The molecule has 4 aromatic rings. The summed E-state index contributed by atoms with van der Waals surface area (Å²) in [5.41, 5.74) is 1.87. The van der Waals surface area contributed by atoms with Crippen LogP contribution in [0.15, 0.2) is 36.4 Å². The first-order valence-electron chi connectivity index (χ1n) is 10.0. The van der Waals surface area contributed by atoms with Crippen molar-refractivity contribution in [3.05, 3.63) is 53.6 Å². The van der Waals surface area contributed by atoms with Gasteiger partial charge in [-0.1, -0.05) is 6.07 Å². The molecular formula is C22H22FN5O2S. The van der Waals surface area contributed by atoms with Crippen LogP contribution in [-0.4, -0.2) is 45.4 Å². The zero-order valence-electron chi connectivity index (χ0n) is 17.5. The van der Waals surface area contributed by atoms with E-state index in [-0.39, 0.29) is 11.9 Å². The van der Waals surface area contributed by atoms with Crippen molar-refractivity contribution in [3.8, 4) is 22.3 Å². The van der Waals surface area contributed by atoms with Crippen LogP contribution >= 0.6 is 11.3 Å². The summed E-state index contributed by atoms with van der Waals surface area (Å²) < 4.78 is 27.4. The van der Waals surface area contributed by atoms with Crippen LogP contribution in [0.3, 0.4) is 0 Å². The average Bonchev–Trinajstić information content (AvgIpc) is 3.39. The first-order chi connectivity index (χ1) is 15.1. The molecule has 3 heterocycles. The lowest BCUT2D eigenvalue weighted by molar-refractivity contribution is 0.155. The molecule has 0 spiro atoms. The summed E-state index contributed by atoms with van der Waals surface area (Å²) in [5.74, 6) is 2.96. The first-order valence-corrected chi connectivity index (χ1v) is 10.8. The number of aromatic nitrogens is 4. The normalized spacial score (nSPS) is 16.5. The molecule has 0 saturated carbocycles. The van der Waals surface area contributed by atoms with E-state index in [1.807, 2.05) is 18.2 Å². The lowest BCUT2D eigenvalue weighted by Crippen LogP contribution is -2.36. The Bertz CT molecular complexity index is 1250. The molecule has 1 aliphatic rings. The smallest absolute Gasteiger partial charge is 0.193 e. The number of halogens is 1. The molecule has 0 radical (unpaired) electrons. The van der Waals surface area contributed by atoms with Crippen molar-refractivity contribution in [2.45, 2.75) is 26.1 Å². The Morgan fingerprint density at radius 2 is 1.97 bits per heavy atom. The highest BCUT2D eigenvalue weighted by Gasteiger charge is 2.30. The lowest BCUT2D eigenvalue weighted by atomic mass is 10.1. The van der Waals surface area contributed by atoms with Gasteiger partial charge in [-0.3, -0.25) is 4.90 Å². The minimum Gasteiger partial charge on any atom is -0.497 e. The van der Waals surface area contributed by atoms with E-state index >= 15 is 0 Å². The molecule has 0 amide bonds. The number of benzene rings is 2. The Balaban J connectivity index is 1.42. The molecule has 9 heteroatoms. The van der Waals surface area contributed by atoms with Crippen molar-refractivity contribution in [1.82, 2.24) is 24.6 Å². The van der Waals surface area contributed by atoms with Crippen LogP contribution in [-0.2, 0) is 13.1 Å². The predicted molar refractivity (Wildman–Crippen MR) is 117 cm³/mol. The van der Waals surface area contributed by atoms with Gasteiger partial charge in [0, 0.05) is 31.3 Å². The fourth-order valence-corrected chi connectivity index (χ4v) is 4.98. The van der Waals surface area contributed by atoms with Gasteiger partial charge in [0.1, 0.15) is 17.3 Å². The maximum atomic E-state index is 13.6. The van der Waals surface area contributed by atoms with Crippen molar-refractivity contribution in [1.29, 1.82) is 0 Å². The molecule has 1 unspecified atom stereocenters. The topological polar surface area (TPSA) is 65.3 Å². The molecule has 2 aromatic carbocycles. The van der Waals surface area contributed by atoms with Crippen molar-refractivity contribution in [2.75, 3.05) is 20.8 Å². The number of fused-ring (bicyclic) bond motifs is 2. The van der Waals surface area contributed by atoms with Gasteiger partial charge in [-0.15, -0.1) is 21.5 Å². The second-order valence-corrected chi connectivity index (χ2v) is 8.52. The van der Waals surface area contributed by atoms with Gasteiger partial charge in [-0.05, 0) is 31.2 Å². The molecule has 0 bridgehead atoms. The molecule has 160 valence electrons. The van der Waals surface area contributed by atoms with E-state index in [9.17, 15) is 4.39 Å². The van der Waals surface area contributed by atoms with Crippen LogP contribution in [0.5, 0.6) is 11.5 Å². The molecule has 1 atom stereocenters. The Labute approximate surface area is 183 Å². The Kier molecular flexibility index (Phi) is 5.07. The van der Waals surface area contributed by atoms with Crippen LogP contribution in [0, 0.1) is 5.82 Å². The highest BCUT2D eigenvalue weighted by atomic mass is 32.1. The maximum absolute atomic E-state index is 13.6. The summed E-state index contributed by atoms with van der Waals surface area (Å²) in [6, 6.07) is 10.6. The lowest BCUT2D eigenvalue weighted by Gasteiger charge is -2.33. The van der Waals surface area contributed by atoms with E-state index in [1.54, 1.807) is 20.3 Å². The monoisotopic (exact) mass is 439 g/mol. The van der Waals surface area contributed by atoms with Gasteiger partial charge in [-0.25, -0.2) is 9.37 Å². The number of methoxy groups -OCH3 is 2. The Hall–Kier alpha value is -3.04. The molecule has 5 rings (SSSR count). The highest BCUT2D eigenvalue weighted by Crippen LogP contribution is 2.34. The third-order valence-corrected chi connectivity index (χ3v) is 6.74. The van der Waals surface area contributed by atoms with Crippen LogP contribution in [0.25, 0.3) is 21.0 Å². The molecule has 1 aliphatic heterocycles. The second-order valence-electron chi connectivity index (χ2n) is 7.49. The highest BCUT2D eigenvalue weighted by molar-refractivity contribution is 7.21. The zero-order chi connectivity index (χ0) is 21.5. The molecule has 0 N–H and O–H groups in total. The van der Waals surface area contributed by atoms with Gasteiger partial charge in [0.05, 0.1) is 30.5 Å². The van der Waals surface area contributed by atoms with Crippen molar-refractivity contribution in [3.63, 3.8) is 0 Å². The van der Waals surface area contributed by atoms with E-state index < -0.39 is 0 Å². The summed E-state index contributed by atoms with van der Waals surface area (Å²) >= 11 is 1.44. The maximum Gasteiger partial charge on any atom is 0.193 e. The number of nitrogens with zero attached hydrogens (tertiary/aromatic N) is 5. The second kappa shape index (κ2) is 7.90. The standard InChI is InChI=1S/C22H22FN5O2S/c1-13-20-25-26-21(22-24-17-7-5-15(23)10-19(17)31-22)28(20)9-8-27(13)12-14-4-6-16(29-2)11-18(14)30-3/h4-7,10-11,13H,8-9,12H2,1-3H3. The van der Waals surface area contributed by atoms with Crippen molar-refractivity contribution < 1.29 is 13.9 Å². The Morgan fingerprint density at radius 1 is 1.10 bits per heavy atom. The van der Waals surface area contributed by atoms with Crippen LogP contribution in [0.4, 0.5) is 4.39 Å². The van der Waals surface area contributed by atoms with Gasteiger partial charge in [0.2, 0.25) is 0 Å². The number of thiazole rings is 1. The number of hydrogen-bond acceptors (Lipinski definition) is 7. The molecule has 0 fully saturated rings. The van der Waals surface area contributed by atoms with E-state index in [1.165, 1.54) is 23.5 Å². The summed E-state index contributed by atoms with van der Waals surface area (Å²) in [6.07, 6.45) is 0. The van der Waals surface area contributed by atoms with E-state index in [0.29, 0.717) is 0 Å². The zero-order valence-corrected chi connectivity index (χ0v) is 18.3. The molecule has 0 saturated heterocycles. The molecule has 7 nitrogen and oxygen atoms in total. The van der Waals surface area contributed by atoms with Gasteiger partial charge in [0.25, 0.3) is 0 Å². The molecular weight excluding hydrogens is 417 g/mol. The van der Waals surface area contributed by atoms with E-state index in [2.05, 4.69) is 31.6 Å². The third-order valence-electron chi connectivity index (χ3n) is 5.72. The summed E-state index contributed by atoms with van der Waals surface area (Å²) in [4.78, 5) is 6.99. The van der Waals surface area contributed by atoms with Gasteiger partial charge in [0.15, 0.2) is 16.7 Å². The van der Waals surface area contributed by atoms with Crippen LogP contribution < -0.4 is 9.47 Å². The van der Waals surface area contributed by atoms with E-state index in [0.717, 1.165) is 63.6 Å². The fourth-order valence-electron chi connectivity index (χ4n) is 4.00. The largest absolute Gasteiger partial charge is 0.497 e. The van der Waals surface area contributed by atoms with Crippen LogP contribution in [0.1, 0.15) is 24.4 Å². The SMILES string of the molecule is COc1ccc(CN2CCn3c(-c4nc5ccc(F)cc5s4)nnc3C2C)c(OC)c1. The Morgan fingerprint density at radius 3 is 2.77 bits per heavy atom. The predicted octanol–water partition coefficient (Wildman–Crippen LogP) is 4.29. The quantitative estimate of drug-likeness (QED) is 0.462. The fraction of sp³-hybridized carbons (Fsp3) is 0.318. The van der Waals surface area contributed by atoms with Gasteiger partial charge >= 0.3 is 0 Å². The van der Waals surface area contributed by atoms with Gasteiger partial charge in [-0.2, -0.15) is 0 Å². The minimum atomic E-state index is -0.260. The third kappa shape index (κ3) is 3.53. The first kappa shape index (κ1) is 19.9. The van der Waals surface area contributed by atoms with E-state index in [4.69, 9.17) is 9.47 Å². The molecule has 0 aliphatic carbocycles. The molecule has 2 aromatic heterocycles. The van der Waals surface area contributed by atoms with Crippen molar-refractivity contribution >= 4 is 21.6 Å². The average molecular weight is 440 g/mol. The van der Waals surface area contributed by atoms with Crippen molar-refractivity contribution in [2.24, 2.45) is 0 Å². The summed E-state index contributed by atoms with van der Waals surface area (Å²) in [7, 11) is 3.32. The number of hydrogen-bond donors (Lipinski definition) is 0. The summed E-state index contributed by atoms with van der Waals surface area (Å²) in [5, 5.41) is 9.67. The summed E-state index contributed by atoms with van der Waals surface area (Å²) in [6.45, 7) is 4.46.